The molecule has 0 aromatic carbocycles. The Balaban J connectivity index is 3.67. The maximum atomic E-state index is 11.1. The van der Waals surface area contributed by atoms with Crippen molar-refractivity contribution in [1.82, 2.24) is 5.32 Å². The van der Waals surface area contributed by atoms with Crippen LogP contribution in [-0.4, -0.2) is 25.2 Å². The van der Waals surface area contributed by atoms with Crippen LogP contribution in [0.25, 0.3) is 0 Å². The highest BCUT2D eigenvalue weighted by molar-refractivity contribution is 5.77. The third-order valence-corrected chi connectivity index (χ3v) is 1.66. The van der Waals surface area contributed by atoms with Gasteiger partial charge in [0.05, 0.1) is 0 Å². The Morgan fingerprint density at radius 1 is 1.62 bits per heavy atom. The summed E-state index contributed by atoms with van der Waals surface area (Å²) in [5.74, 6) is 2.43. The molecule has 0 aliphatic rings. The van der Waals surface area contributed by atoms with Crippen molar-refractivity contribution in [3.8, 4) is 12.3 Å². The van der Waals surface area contributed by atoms with Gasteiger partial charge >= 0.3 is 0 Å². The number of hydrogen-bond donors (Lipinski definition) is 1. The van der Waals surface area contributed by atoms with Gasteiger partial charge in [0.2, 0.25) is 5.91 Å². The Labute approximate surface area is 79.8 Å². The SMILES string of the molecule is C#CCC(CC)NC(=O)COCC. The predicted molar refractivity (Wildman–Crippen MR) is 52.2 cm³/mol. The van der Waals surface area contributed by atoms with E-state index in [0.29, 0.717) is 13.0 Å². The van der Waals surface area contributed by atoms with Gasteiger partial charge in [0.15, 0.2) is 0 Å². The van der Waals surface area contributed by atoms with Crippen molar-refractivity contribution in [2.75, 3.05) is 13.2 Å². The van der Waals surface area contributed by atoms with Gasteiger partial charge in [0, 0.05) is 19.1 Å². The fourth-order valence-electron chi connectivity index (χ4n) is 0.904. The molecule has 0 spiro atoms. The highest BCUT2D eigenvalue weighted by Crippen LogP contribution is 1.95. The molecule has 0 aromatic heterocycles. The minimum atomic E-state index is -0.0936. The van der Waals surface area contributed by atoms with E-state index in [4.69, 9.17) is 11.2 Å². The molecule has 0 heterocycles. The number of carbonyl (C=O) groups excluding carboxylic acids is 1. The van der Waals surface area contributed by atoms with Crippen LogP contribution >= 0.6 is 0 Å². The zero-order chi connectivity index (χ0) is 10.1. The standard InChI is InChI=1S/C10H17NO2/c1-4-7-9(5-2)11-10(12)8-13-6-3/h1,9H,5-8H2,2-3H3,(H,11,12). The maximum absolute atomic E-state index is 11.1. The molecule has 0 saturated carbocycles. The van der Waals surface area contributed by atoms with E-state index < -0.39 is 0 Å². The van der Waals surface area contributed by atoms with Crippen LogP contribution < -0.4 is 5.32 Å². The van der Waals surface area contributed by atoms with Crippen LogP contribution in [0.1, 0.15) is 26.7 Å². The number of nitrogens with one attached hydrogen (secondary N) is 1. The zero-order valence-electron chi connectivity index (χ0n) is 8.30. The number of amides is 1. The fourth-order valence-corrected chi connectivity index (χ4v) is 0.904. The van der Waals surface area contributed by atoms with E-state index in [0.717, 1.165) is 6.42 Å². The third kappa shape index (κ3) is 6.18. The van der Waals surface area contributed by atoms with E-state index in [1.165, 1.54) is 0 Å². The van der Waals surface area contributed by atoms with Crippen LogP contribution in [0.15, 0.2) is 0 Å². The summed E-state index contributed by atoms with van der Waals surface area (Å²) in [6.45, 7) is 4.52. The smallest absolute Gasteiger partial charge is 0.246 e. The van der Waals surface area contributed by atoms with E-state index in [1.54, 1.807) is 0 Å². The van der Waals surface area contributed by atoms with Crippen molar-refractivity contribution < 1.29 is 9.53 Å². The highest BCUT2D eigenvalue weighted by Gasteiger charge is 2.08. The van der Waals surface area contributed by atoms with Gasteiger partial charge in [0.25, 0.3) is 0 Å². The second-order valence-electron chi connectivity index (χ2n) is 2.72. The topological polar surface area (TPSA) is 38.3 Å². The summed E-state index contributed by atoms with van der Waals surface area (Å²) in [6.07, 6.45) is 6.58. The van der Waals surface area contributed by atoms with Gasteiger partial charge in [0.1, 0.15) is 6.61 Å². The predicted octanol–water partition coefficient (Wildman–Crippen LogP) is 0.941. The summed E-state index contributed by atoms with van der Waals surface area (Å²) in [6, 6.07) is 0.0814. The Morgan fingerprint density at radius 3 is 2.77 bits per heavy atom. The van der Waals surface area contributed by atoms with Crippen molar-refractivity contribution in [1.29, 1.82) is 0 Å². The second kappa shape index (κ2) is 7.63. The quantitative estimate of drug-likeness (QED) is 0.622. The third-order valence-electron chi connectivity index (χ3n) is 1.66. The summed E-state index contributed by atoms with van der Waals surface area (Å²) < 4.78 is 4.96. The molecule has 3 nitrogen and oxygen atoms in total. The molecule has 0 aliphatic heterocycles. The van der Waals surface area contributed by atoms with E-state index in [1.807, 2.05) is 13.8 Å². The number of terminal acetylenes is 1. The molecule has 0 fully saturated rings. The molecule has 1 amide bonds. The number of carbonyl (C=O) groups is 1. The Morgan fingerprint density at radius 2 is 2.31 bits per heavy atom. The Bertz CT molecular complexity index is 184. The average Bonchev–Trinajstić information content (AvgIpc) is 2.14. The molecule has 1 N–H and O–H groups in total. The average molecular weight is 183 g/mol. The molecule has 13 heavy (non-hydrogen) atoms. The van der Waals surface area contributed by atoms with Crippen LogP contribution in [0.2, 0.25) is 0 Å². The normalized spacial score (nSPS) is 11.8. The van der Waals surface area contributed by atoms with Crippen molar-refractivity contribution >= 4 is 5.91 Å². The van der Waals surface area contributed by atoms with Gasteiger partial charge in [-0.05, 0) is 13.3 Å². The lowest BCUT2D eigenvalue weighted by atomic mass is 10.1. The molecular weight excluding hydrogens is 166 g/mol. The molecule has 1 unspecified atom stereocenters. The molecule has 0 rings (SSSR count). The van der Waals surface area contributed by atoms with Crippen molar-refractivity contribution in [3.05, 3.63) is 0 Å². The fraction of sp³-hybridized carbons (Fsp3) is 0.700. The molecule has 3 heteroatoms. The molecule has 0 aliphatic carbocycles. The van der Waals surface area contributed by atoms with Crippen LogP contribution in [-0.2, 0) is 9.53 Å². The van der Waals surface area contributed by atoms with Crippen LogP contribution in [0.4, 0.5) is 0 Å². The minimum absolute atomic E-state index is 0.0814. The first-order valence-electron chi connectivity index (χ1n) is 4.55. The van der Waals surface area contributed by atoms with Crippen molar-refractivity contribution in [3.63, 3.8) is 0 Å². The molecule has 0 saturated heterocycles. The molecule has 0 aromatic rings. The Kier molecular flexibility index (Phi) is 7.04. The second-order valence-corrected chi connectivity index (χ2v) is 2.72. The van der Waals surface area contributed by atoms with Crippen LogP contribution in [0.5, 0.6) is 0 Å². The van der Waals surface area contributed by atoms with E-state index in [9.17, 15) is 4.79 Å². The Hall–Kier alpha value is -1.01. The lowest BCUT2D eigenvalue weighted by Gasteiger charge is -2.13. The summed E-state index contributed by atoms with van der Waals surface area (Å²) in [5.41, 5.74) is 0. The van der Waals surface area contributed by atoms with Crippen molar-refractivity contribution in [2.45, 2.75) is 32.7 Å². The number of hydrogen-bond acceptors (Lipinski definition) is 2. The van der Waals surface area contributed by atoms with Crippen LogP contribution in [0, 0.1) is 12.3 Å². The van der Waals surface area contributed by atoms with Crippen LogP contribution in [0.3, 0.4) is 0 Å². The van der Waals surface area contributed by atoms with Gasteiger partial charge in [-0.1, -0.05) is 6.92 Å². The van der Waals surface area contributed by atoms with Crippen molar-refractivity contribution in [2.24, 2.45) is 0 Å². The molecule has 0 bridgehead atoms. The largest absolute Gasteiger partial charge is 0.372 e. The maximum Gasteiger partial charge on any atom is 0.246 e. The summed E-state index contributed by atoms with van der Waals surface area (Å²) in [4.78, 5) is 11.1. The summed E-state index contributed by atoms with van der Waals surface area (Å²) in [7, 11) is 0. The molecule has 1 atom stereocenters. The van der Waals surface area contributed by atoms with E-state index >= 15 is 0 Å². The molecule has 74 valence electrons. The van der Waals surface area contributed by atoms with Gasteiger partial charge in [-0.2, -0.15) is 0 Å². The first-order chi connectivity index (χ1) is 6.24. The first kappa shape index (κ1) is 12.0. The minimum Gasteiger partial charge on any atom is -0.372 e. The van der Waals surface area contributed by atoms with Gasteiger partial charge in [-0.25, -0.2) is 0 Å². The van der Waals surface area contributed by atoms with Gasteiger partial charge < -0.3 is 10.1 Å². The first-order valence-corrected chi connectivity index (χ1v) is 4.55. The number of ether oxygens (including phenoxy) is 1. The summed E-state index contributed by atoms with van der Waals surface area (Å²) in [5, 5.41) is 2.80. The summed E-state index contributed by atoms with van der Waals surface area (Å²) >= 11 is 0. The van der Waals surface area contributed by atoms with E-state index in [-0.39, 0.29) is 18.6 Å². The molecular formula is C10H17NO2. The van der Waals surface area contributed by atoms with E-state index in [2.05, 4.69) is 11.2 Å². The highest BCUT2D eigenvalue weighted by atomic mass is 16.5. The lowest BCUT2D eigenvalue weighted by molar-refractivity contribution is -0.126. The lowest BCUT2D eigenvalue weighted by Crippen LogP contribution is -2.36. The van der Waals surface area contributed by atoms with Gasteiger partial charge in [-0.15, -0.1) is 12.3 Å². The van der Waals surface area contributed by atoms with Gasteiger partial charge in [-0.3, -0.25) is 4.79 Å². The monoisotopic (exact) mass is 183 g/mol. The molecule has 0 radical (unpaired) electrons. The number of rotatable bonds is 6. The zero-order valence-corrected chi connectivity index (χ0v) is 8.30.